The summed E-state index contributed by atoms with van der Waals surface area (Å²) in [5, 5.41) is 0. The van der Waals surface area contributed by atoms with E-state index in [0.717, 1.165) is 18.8 Å². The maximum atomic E-state index is 12.4. The molecule has 19 heavy (non-hydrogen) atoms. The Morgan fingerprint density at radius 3 is 2.53 bits per heavy atom. The van der Waals surface area contributed by atoms with Crippen LogP contribution in [0.1, 0.15) is 39.4 Å². The van der Waals surface area contributed by atoms with Gasteiger partial charge in [0, 0.05) is 44.0 Å². The molecule has 0 aromatic carbocycles. The second-order valence-corrected chi connectivity index (χ2v) is 5.03. The Balaban J connectivity index is 2.81. The van der Waals surface area contributed by atoms with Gasteiger partial charge in [-0.25, -0.2) is 4.98 Å². The Labute approximate surface area is 115 Å². The zero-order valence-corrected chi connectivity index (χ0v) is 12.5. The third kappa shape index (κ3) is 3.80. The zero-order valence-electron chi connectivity index (χ0n) is 12.5. The first-order valence-corrected chi connectivity index (χ1v) is 7.04. The monoisotopic (exact) mass is 266 g/mol. The molecule has 0 aliphatic carbocycles. The maximum absolute atomic E-state index is 12.4. The lowest BCUT2D eigenvalue weighted by molar-refractivity contribution is -0.134. The highest BCUT2D eigenvalue weighted by molar-refractivity contribution is 5.79. The minimum Gasteiger partial charge on any atom is -0.343 e. The van der Waals surface area contributed by atoms with Crippen molar-refractivity contribution in [3.63, 3.8) is 0 Å². The van der Waals surface area contributed by atoms with E-state index in [1.165, 1.54) is 0 Å². The van der Waals surface area contributed by atoms with Gasteiger partial charge in [-0.3, -0.25) is 4.79 Å². The average Bonchev–Trinajstić information content (AvgIpc) is 2.85. The van der Waals surface area contributed by atoms with Crippen LogP contribution in [0.5, 0.6) is 0 Å². The van der Waals surface area contributed by atoms with E-state index in [-0.39, 0.29) is 11.8 Å². The van der Waals surface area contributed by atoms with Gasteiger partial charge in [0.25, 0.3) is 0 Å². The molecule has 0 aliphatic rings. The number of nitrogens with zero attached hydrogens (tertiary/aromatic N) is 3. The van der Waals surface area contributed by atoms with Gasteiger partial charge in [0.2, 0.25) is 5.91 Å². The van der Waals surface area contributed by atoms with Crippen LogP contribution in [0.3, 0.4) is 0 Å². The Morgan fingerprint density at radius 2 is 2.05 bits per heavy atom. The van der Waals surface area contributed by atoms with Gasteiger partial charge in [0.15, 0.2) is 0 Å². The molecular weight excluding hydrogens is 240 g/mol. The summed E-state index contributed by atoms with van der Waals surface area (Å²) in [5.41, 5.74) is 6.86. The predicted octanol–water partition coefficient (Wildman–Crippen LogP) is 1.45. The number of aromatic nitrogens is 2. The van der Waals surface area contributed by atoms with Crippen molar-refractivity contribution in [2.45, 2.75) is 40.2 Å². The van der Waals surface area contributed by atoms with Crippen molar-refractivity contribution < 1.29 is 4.79 Å². The molecule has 0 saturated heterocycles. The summed E-state index contributed by atoms with van der Waals surface area (Å²) >= 11 is 0. The fourth-order valence-corrected chi connectivity index (χ4v) is 2.27. The third-order valence-electron chi connectivity index (χ3n) is 3.47. The summed E-state index contributed by atoms with van der Waals surface area (Å²) < 4.78 is 2.10. The molecule has 1 atom stereocenters. The Kier molecular flexibility index (Phi) is 6.02. The van der Waals surface area contributed by atoms with Gasteiger partial charge >= 0.3 is 0 Å². The molecule has 1 unspecified atom stereocenters. The van der Waals surface area contributed by atoms with Crippen molar-refractivity contribution in [2.24, 2.45) is 11.7 Å². The fourth-order valence-electron chi connectivity index (χ4n) is 2.27. The number of carbonyl (C=O) groups is 1. The van der Waals surface area contributed by atoms with Gasteiger partial charge in [0.1, 0.15) is 0 Å². The smallest absolute Gasteiger partial charge is 0.227 e. The molecule has 1 heterocycles. The number of imidazole rings is 1. The number of rotatable bonds is 7. The molecule has 0 aliphatic heterocycles. The highest BCUT2D eigenvalue weighted by Crippen LogP contribution is 2.15. The van der Waals surface area contributed by atoms with E-state index in [9.17, 15) is 4.79 Å². The van der Waals surface area contributed by atoms with Crippen LogP contribution in [0.25, 0.3) is 0 Å². The summed E-state index contributed by atoms with van der Waals surface area (Å²) in [4.78, 5) is 18.4. The van der Waals surface area contributed by atoms with Crippen LogP contribution in [0.4, 0.5) is 0 Å². The molecule has 5 nitrogen and oxygen atoms in total. The van der Waals surface area contributed by atoms with Gasteiger partial charge in [-0.1, -0.05) is 0 Å². The number of hydrogen-bond acceptors (Lipinski definition) is 3. The Morgan fingerprint density at radius 1 is 1.42 bits per heavy atom. The molecule has 0 bridgehead atoms. The summed E-state index contributed by atoms with van der Waals surface area (Å²) in [6, 6.07) is 0.347. The highest BCUT2D eigenvalue weighted by atomic mass is 16.2. The quantitative estimate of drug-likeness (QED) is 0.812. The Bertz CT molecular complexity index is 396. The molecule has 5 heteroatoms. The van der Waals surface area contributed by atoms with Crippen molar-refractivity contribution in [1.29, 1.82) is 0 Å². The highest BCUT2D eigenvalue weighted by Gasteiger charge is 2.23. The second kappa shape index (κ2) is 7.28. The van der Waals surface area contributed by atoms with Crippen LogP contribution in [-0.2, 0) is 11.2 Å². The molecule has 0 radical (unpaired) electrons. The van der Waals surface area contributed by atoms with Gasteiger partial charge < -0.3 is 15.2 Å². The van der Waals surface area contributed by atoms with E-state index in [4.69, 9.17) is 5.73 Å². The largest absolute Gasteiger partial charge is 0.343 e. The molecule has 0 fully saturated rings. The summed E-state index contributed by atoms with van der Waals surface area (Å²) in [5.74, 6) is -0.0156. The topological polar surface area (TPSA) is 64.2 Å². The van der Waals surface area contributed by atoms with Crippen molar-refractivity contribution >= 4 is 5.91 Å². The first-order valence-electron chi connectivity index (χ1n) is 7.04. The van der Waals surface area contributed by atoms with Gasteiger partial charge in [-0.2, -0.15) is 0 Å². The summed E-state index contributed by atoms with van der Waals surface area (Å²) in [7, 11) is 0. The van der Waals surface area contributed by atoms with E-state index >= 15 is 0 Å². The first kappa shape index (κ1) is 15.7. The molecule has 0 spiro atoms. The summed E-state index contributed by atoms with van der Waals surface area (Å²) in [6.45, 7) is 10.0. The molecule has 108 valence electrons. The first-order chi connectivity index (χ1) is 9.04. The van der Waals surface area contributed by atoms with Crippen LogP contribution in [0.15, 0.2) is 12.5 Å². The lowest BCUT2D eigenvalue weighted by Gasteiger charge is -2.25. The van der Waals surface area contributed by atoms with Gasteiger partial charge in [-0.05, 0) is 27.7 Å². The van der Waals surface area contributed by atoms with Crippen molar-refractivity contribution in [3.8, 4) is 0 Å². The van der Waals surface area contributed by atoms with Crippen LogP contribution in [-0.4, -0.2) is 40.0 Å². The number of nitrogens with two attached hydrogens (primary N) is 1. The molecule has 0 saturated carbocycles. The molecule has 1 amide bonds. The lowest BCUT2D eigenvalue weighted by atomic mass is 10.0. The lowest BCUT2D eigenvalue weighted by Crippen LogP contribution is -2.40. The fraction of sp³-hybridized carbons (Fsp3) is 0.714. The van der Waals surface area contributed by atoms with Crippen molar-refractivity contribution in [2.75, 3.05) is 19.6 Å². The minimum atomic E-state index is -0.158. The predicted molar refractivity (Wildman–Crippen MR) is 76.8 cm³/mol. The standard InChI is InChI=1S/C14H26N4O/c1-5-17(6-2)14(19)12(8-15)7-13-9-16-10-18(13)11(3)4/h9-12H,5-8,15H2,1-4H3. The maximum Gasteiger partial charge on any atom is 0.227 e. The molecule has 1 aromatic rings. The zero-order chi connectivity index (χ0) is 14.4. The SMILES string of the molecule is CCN(CC)C(=O)C(CN)Cc1cncn1C(C)C. The van der Waals surface area contributed by atoms with Crippen LogP contribution < -0.4 is 5.73 Å². The average molecular weight is 266 g/mol. The van der Waals surface area contributed by atoms with E-state index < -0.39 is 0 Å². The second-order valence-electron chi connectivity index (χ2n) is 5.03. The van der Waals surface area contributed by atoms with E-state index in [2.05, 4.69) is 23.4 Å². The van der Waals surface area contributed by atoms with Crippen molar-refractivity contribution in [3.05, 3.63) is 18.2 Å². The minimum absolute atomic E-state index is 0.143. The summed E-state index contributed by atoms with van der Waals surface area (Å²) in [6.07, 6.45) is 4.30. The van der Waals surface area contributed by atoms with E-state index in [0.29, 0.717) is 19.0 Å². The van der Waals surface area contributed by atoms with Gasteiger partial charge in [0.05, 0.1) is 12.2 Å². The molecule has 1 aromatic heterocycles. The third-order valence-corrected chi connectivity index (χ3v) is 3.47. The van der Waals surface area contributed by atoms with Crippen molar-refractivity contribution in [1.82, 2.24) is 14.5 Å². The Hall–Kier alpha value is -1.36. The molecule has 2 N–H and O–H groups in total. The van der Waals surface area contributed by atoms with E-state index in [1.54, 1.807) is 0 Å². The number of amides is 1. The van der Waals surface area contributed by atoms with Crippen LogP contribution in [0, 0.1) is 5.92 Å². The number of carbonyl (C=O) groups excluding carboxylic acids is 1. The number of hydrogen-bond donors (Lipinski definition) is 1. The van der Waals surface area contributed by atoms with Gasteiger partial charge in [-0.15, -0.1) is 0 Å². The van der Waals surface area contributed by atoms with Crippen LogP contribution >= 0.6 is 0 Å². The van der Waals surface area contributed by atoms with E-state index in [1.807, 2.05) is 31.3 Å². The van der Waals surface area contributed by atoms with Crippen LogP contribution in [0.2, 0.25) is 0 Å². The molecule has 1 rings (SSSR count). The molecular formula is C14H26N4O. The normalized spacial score (nSPS) is 12.7.